The summed E-state index contributed by atoms with van der Waals surface area (Å²) in [6.45, 7) is 2.13. The number of carbonyl (C=O) groups excluding carboxylic acids is 2. The van der Waals surface area contributed by atoms with Gasteiger partial charge in [0.25, 0.3) is 0 Å². The molecule has 0 spiro atoms. The first-order chi connectivity index (χ1) is 13.2. The van der Waals surface area contributed by atoms with Crippen LogP contribution in [0, 0.1) is 5.41 Å². The Morgan fingerprint density at radius 2 is 1.86 bits per heavy atom. The topological polar surface area (TPSA) is 125 Å². The Labute approximate surface area is 164 Å². The highest BCUT2D eigenvalue weighted by Gasteiger charge is 2.38. The van der Waals surface area contributed by atoms with E-state index in [1.54, 1.807) is 18.2 Å². The predicted molar refractivity (Wildman–Crippen MR) is 103 cm³/mol. The number of Topliss-reactive ketones (excluding diaryl/α,β-unsaturated/α-hetero) is 1. The van der Waals surface area contributed by atoms with Gasteiger partial charge in [-0.2, -0.15) is 4.31 Å². The third-order valence-corrected chi connectivity index (χ3v) is 6.36. The summed E-state index contributed by atoms with van der Waals surface area (Å²) in [6.07, 6.45) is 1.60. The molecule has 9 heteroatoms. The minimum atomic E-state index is -3.87. The molecule has 1 unspecified atom stereocenters. The van der Waals surface area contributed by atoms with Crippen molar-refractivity contribution in [2.45, 2.75) is 44.0 Å². The molecule has 8 nitrogen and oxygen atoms in total. The Balaban J connectivity index is 2.20. The maximum absolute atomic E-state index is 12.9. The maximum atomic E-state index is 12.9. The zero-order chi connectivity index (χ0) is 20.9. The van der Waals surface area contributed by atoms with E-state index in [2.05, 4.69) is 0 Å². The number of nitrogens with zero attached hydrogens (tertiary/aromatic N) is 1. The number of hydrogen-bond acceptors (Lipinski definition) is 7. The van der Waals surface area contributed by atoms with Crippen molar-refractivity contribution in [1.82, 2.24) is 4.31 Å². The molecule has 0 aromatic heterocycles. The van der Waals surface area contributed by atoms with E-state index in [1.807, 2.05) is 0 Å². The van der Waals surface area contributed by atoms with Gasteiger partial charge in [-0.05, 0) is 45.2 Å². The van der Waals surface area contributed by atoms with Gasteiger partial charge in [0.05, 0.1) is 10.5 Å². The quantitative estimate of drug-likeness (QED) is 0.308. The van der Waals surface area contributed by atoms with E-state index in [4.69, 9.17) is 10.1 Å². The van der Waals surface area contributed by atoms with Gasteiger partial charge in [0.1, 0.15) is 18.4 Å². The van der Waals surface area contributed by atoms with Crippen molar-refractivity contribution in [2.75, 3.05) is 13.2 Å². The molecule has 1 saturated heterocycles. The second kappa shape index (κ2) is 9.11. The van der Waals surface area contributed by atoms with E-state index in [0.29, 0.717) is 19.3 Å². The molecular weight excluding hydrogens is 384 g/mol. The number of carbonyl (C=O) groups is 2. The van der Waals surface area contributed by atoms with Crippen molar-refractivity contribution in [3.8, 4) is 0 Å². The minimum absolute atomic E-state index is 0.0933. The molecule has 0 bridgehead atoms. The van der Waals surface area contributed by atoms with Crippen molar-refractivity contribution < 1.29 is 27.9 Å². The van der Waals surface area contributed by atoms with Crippen LogP contribution in [0.1, 0.15) is 33.1 Å². The fraction of sp³-hybridized carbons (Fsp3) is 0.421. The van der Waals surface area contributed by atoms with E-state index >= 15 is 0 Å². The van der Waals surface area contributed by atoms with Crippen molar-refractivity contribution in [3.63, 3.8) is 0 Å². The molecule has 1 heterocycles. The lowest BCUT2D eigenvalue weighted by Crippen LogP contribution is -2.48. The highest BCUT2D eigenvalue weighted by atomic mass is 32.2. The van der Waals surface area contributed by atoms with Gasteiger partial charge in [-0.15, -0.1) is 0 Å². The van der Waals surface area contributed by atoms with Gasteiger partial charge in [0.2, 0.25) is 10.0 Å². The van der Waals surface area contributed by atoms with Gasteiger partial charge in [-0.1, -0.05) is 18.2 Å². The molecule has 0 aliphatic carbocycles. The Morgan fingerprint density at radius 1 is 1.21 bits per heavy atom. The molecule has 1 aliphatic rings. The van der Waals surface area contributed by atoms with E-state index in [0.717, 1.165) is 4.31 Å². The number of nitrogens with one attached hydrogen (secondary N) is 1. The average molecular weight is 408 g/mol. The summed E-state index contributed by atoms with van der Waals surface area (Å²) < 4.78 is 32.0. The van der Waals surface area contributed by atoms with Crippen LogP contribution in [0.15, 0.2) is 46.6 Å². The molecule has 0 radical (unpaired) electrons. The molecule has 1 aromatic rings. The summed E-state index contributed by atoms with van der Waals surface area (Å²) in [4.78, 5) is 24.2. The lowest BCUT2D eigenvalue weighted by Gasteiger charge is -2.33. The number of allylic oxidation sites excluding steroid dienone is 1. The SMILES string of the molecule is CC(=N)/C(C(C)=O)=C(/O)COC(=O)C1CCCCN1S(=O)(=O)c1ccccc1. The van der Waals surface area contributed by atoms with Crippen LogP contribution in [-0.2, 0) is 24.3 Å². The van der Waals surface area contributed by atoms with Gasteiger partial charge in [0.15, 0.2) is 5.78 Å². The molecule has 2 N–H and O–H groups in total. The van der Waals surface area contributed by atoms with E-state index in [9.17, 15) is 23.1 Å². The first kappa shape index (κ1) is 21.8. The maximum Gasteiger partial charge on any atom is 0.324 e. The number of hydrogen-bond donors (Lipinski definition) is 2. The number of esters is 1. The molecule has 0 saturated carbocycles. The van der Waals surface area contributed by atoms with Gasteiger partial charge in [-0.3, -0.25) is 9.59 Å². The second-order valence-electron chi connectivity index (χ2n) is 6.55. The molecule has 0 amide bonds. The third kappa shape index (κ3) is 4.85. The van der Waals surface area contributed by atoms with E-state index in [1.165, 1.54) is 26.0 Å². The molecule has 1 fully saturated rings. The number of ether oxygens (including phenoxy) is 1. The standard InChI is InChI=1S/C19H24N2O6S/c1-13(20)18(14(2)22)17(23)12-27-19(24)16-10-6-7-11-21(16)28(25,26)15-8-4-3-5-9-15/h3-5,8-9,16,20,23H,6-7,10-12H2,1-2H3/b18-17-,20-13?. The number of piperidine rings is 1. The van der Waals surface area contributed by atoms with Gasteiger partial charge in [-0.25, -0.2) is 8.42 Å². The normalized spacial score (nSPS) is 18.9. The molecule has 28 heavy (non-hydrogen) atoms. The van der Waals surface area contributed by atoms with Crippen LogP contribution in [0.2, 0.25) is 0 Å². The van der Waals surface area contributed by atoms with Crippen molar-refractivity contribution in [3.05, 3.63) is 41.7 Å². The van der Waals surface area contributed by atoms with E-state index < -0.39 is 40.2 Å². The van der Waals surface area contributed by atoms with Gasteiger partial charge >= 0.3 is 5.97 Å². The number of aliphatic hydroxyl groups is 1. The minimum Gasteiger partial charge on any atom is -0.508 e. The summed E-state index contributed by atoms with van der Waals surface area (Å²) in [5, 5.41) is 17.5. The number of aliphatic hydroxyl groups excluding tert-OH is 1. The molecule has 1 atom stereocenters. The number of sulfonamides is 1. The molecule has 152 valence electrons. The van der Waals surface area contributed by atoms with Crippen LogP contribution in [0.25, 0.3) is 0 Å². The van der Waals surface area contributed by atoms with Crippen LogP contribution in [0.5, 0.6) is 0 Å². The number of ketones is 1. The average Bonchev–Trinajstić information content (AvgIpc) is 2.66. The largest absolute Gasteiger partial charge is 0.508 e. The molecule has 2 rings (SSSR count). The summed E-state index contributed by atoms with van der Waals surface area (Å²) in [6, 6.07) is 6.84. The lowest BCUT2D eigenvalue weighted by atomic mass is 10.1. The second-order valence-corrected chi connectivity index (χ2v) is 8.44. The highest BCUT2D eigenvalue weighted by Crippen LogP contribution is 2.26. The lowest BCUT2D eigenvalue weighted by molar-refractivity contribution is -0.149. The summed E-state index contributed by atoms with van der Waals surface area (Å²) in [5.41, 5.74) is -0.364. The van der Waals surface area contributed by atoms with Gasteiger partial charge in [0, 0.05) is 12.3 Å². The van der Waals surface area contributed by atoms with Crippen LogP contribution in [0.3, 0.4) is 0 Å². The monoisotopic (exact) mass is 408 g/mol. The van der Waals surface area contributed by atoms with Gasteiger partial charge < -0.3 is 15.3 Å². The van der Waals surface area contributed by atoms with Crippen molar-refractivity contribution in [1.29, 1.82) is 5.41 Å². The Kier molecular flexibility index (Phi) is 7.09. The zero-order valence-electron chi connectivity index (χ0n) is 15.8. The Morgan fingerprint density at radius 3 is 2.43 bits per heavy atom. The van der Waals surface area contributed by atoms with Crippen molar-refractivity contribution in [2.24, 2.45) is 0 Å². The first-order valence-corrected chi connectivity index (χ1v) is 10.3. The number of benzene rings is 1. The van der Waals surface area contributed by atoms with Crippen molar-refractivity contribution >= 4 is 27.5 Å². The fourth-order valence-corrected chi connectivity index (χ4v) is 4.82. The molecule has 1 aromatic carbocycles. The molecular formula is C19H24N2O6S. The fourth-order valence-electron chi connectivity index (χ4n) is 3.15. The first-order valence-electron chi connectivity index (χ1n) is 8.88. The Bertz CT molecular complexity index is 876. The Hall–Kier alpha value is -2.52. The van der Waals surface area contributed by atoms with Crippen LogP contribution >= 0.6 is 0 Å². The smallest absolute Gasteiger partial charge is 0.324 e. The predicted octanol–water partition coefficient (Wildman–Crippen LogP) is 2.21. The van der Waals surface area contributed by atoms with Crippen LogP contribution in [-0.4, -0.2) is 54.5 Å². The number of rotatable bonds is 7. The summed E-state index contributed by atoms with van der Waals surface area (Å²) in [7, 11) is -3.87. The van der Waals surface area contributed by atoms with E-state index in [-0.39, 0.29) is 22.7 Å². The van der Waals surface area contributed by atoms with Crippen LogP contribution < -0.4 is 0 Å². The summed E-state index contributed by atoms with van der Waals surface area (Å²) >= 11 is 0. The third-order valence-electron chi connectivity index (χ3n) is 4.44. The summed E-state index contributed by atoms with van der Waals surface area (Å²) in [5.74, 6) is -1.84. The zero-order valence-corrected chi connectivity index (χ0v) is 16.7. The highest BCUT2D eigenvalue weighted by molar-refractivity contribution is 7.89. The van der Waals surface area contributed by atoms with Crippen LogP contribution in [0.4, 0.5) is 0 Å². The molecule has 1 aliphatic heterocycles.